The van der Waals surface area contributed by atoms with Gasteiger partial charge in [0.05, 0.1) is 31.8 Å². The van der Waals surface area contributed by atoms with Gasteiger partial charge in [0, 0.05) is 18.3 Å². The molecule has 1 N–H and O–H groups in total. The zero-order valence-electron chi connectivity index (χ0n) is 18.5. The number of ether oxygens (including phenoxy) is 3. The number of halogens is 1. The molecular formula is C25H25FN4O3. The van der Waals surface area contributed by atoms with Crippen molar-refractivity contribution < 1.29 is 18.6 Å². The van der Waals surface area contributed by atoms with Crippen LogP contribution in [0.2, 0.25) is 0 Å². The van der Waals surface area contributed by atoms with Gasteiger partial charge < -0.3 is 19.5 Å². The van der Waals surface area contributed by atoms with E-state index >= 15 is 0 Å². The van der Waals surface area contributed by atoms with Crippen LogP contribution in [0.25, 0.3) is 22.2 Å². The summed E-state index contributed by atoms with van der Waals surface area (Å²) in [6, 6.07) is 12.5. The first-order chi connectivity index (χ1) is 16.2. The number of benzene rings is 2. The molecule has 1 atom stereocenters. The summed E-state index contributed by atoms with van der Waals surface area (Å²) in [5.41, 5.74) is 2.67. The Morgan fingerprint density at radius 2 is 1.79 bits per heavy atom. The molecule has 7 nitrogen and oxygen atoms in total. The van der Waals surface area contributed by atoms with Crippen LogP contribution in [0.5, 0.6) is 23.0 Å². The summed E-state index contributed by atoms with van der Waals surface area (Å²) >= 11 is 0. The van der Waals surface area contributed by atoms with Crippen LogP contribution in [0, 0.1) is 5.82 Å². The third-order valence-corrected chi connectivity index (χ3v) is 5.92. The van der Waals surface area contributed by atoms with Crippen molar-refractivity contribution in [3.63, 3.8) is 0 Å². The normalized spacial score (nSPS) is 16.0. The smallest absolute Gasteiger partial charge is 0.207 e. The van der Waals surface area contributed by atoms with Gasteiger partial charge in [0.2, 0.25) is 5.82 Å². The molecule has 1 aliphatic heterocycles. The average Bonchev–Trinajstić information content (AvgIpc) is 3.26. The number of nitrogens with one attached hydrogen (secondary N) is 1. The Morgan fingerprint density at radius 1 is 1.00 bits per heavy atom. The van der Waals surface area contributed by atoms with E-state index in [4.69, 9.17) is 19.3 Å². The number of hydrogen-bond acceptors (Lipinski definition) is 6. The molecule has 2 aromatic heterocycles. The van der Waals surface area contributed by atoms with Crippen LogP contribution in [-0.2, 0) is 0 Å². The lowest BCUT2D eigenvalue weighted by atomic mass is 10.1. The zero-order chi connectivity index (χ0) is 22.8. The molecule has 170 valence electrons. The van der Waals surface area contributed by atoms with Crippen LogP contribution >= 0.6 is 0 Å². The predicted octanol–water partition coefficient (Wildman–Crippen LogP) is 4.97. The number of hydrogen-bond donors (Lipinski definition) is 1. The Balaban J connectivity index is 1.51. The van der Waals surface area contributed by atoms with Crippen molar-refractivity contribution in [2.75, 3.05) is 27.3 Å². The van der Waals surface area contributed by atoms with E-state index in [1.807, 2.05) is 18.3 Å². The van der Waals surface area contributed by atoms with E-state index in [0.29, 0.717) is 11.5 Å². The molecule has 4 aromatic rings. The highest BCUT2D eigenvalue weighted by molar-refractivity contribution is 5.96. The molecule has 8 heteroatoms. The molecule has 0 spiro atoms. The lowest BCUT2D eigenvalue weighted by Crippen LogP contribution is -2.32. The monoisotopic (exact) mass is 448 g/mol. The van der Waals surface area contributed by atoms with Gasteiger partial charge in [-0.3, -0.25) is 9.67 Å². The summed E-state index contributed by atoms with van der Waals surface area (Å²) in [6.45, 7) is 1.89. The fraction of sp³-hybridized carbons (Fsp3) is 0.280. The number of fused-ring (bicyclic) bond motifs is 1. The number of piperidine rings is 1. The number of rotatable bonds is 6. The standard InChI is InChI=1S/C25H25FN4O3/c1-31-20-6-3-7-21(23(20)26)33-18-10-8-16(9-11-18)24-19-14-28-15-22(32-2)25(19)30(29-24)17-5-4-12-27-13-17/h3,6-11,14-15,17,27H,4-5,12-13H2,1-2H3/t17-/m1/s1. The van der Waals surface area contributed by atoms with E-state index in [0.717, 1.165) is 48.1 Å². The van der Waals surface area contributed by atoms with Crippen molar-refractivity contribution in [1.82, 2.24) is 20.1 Å². The molecule has 5 rings (SSSR count). The molecule has 0 radical (unpaired) electrons. The van der Waals surface area contributed by atoms with E-state index in [2.05, 4.69) is 15.0 Å². The maximum absolute atomic E-state index is 14.4. The number of pyridine rings is 1. The van der Waals surface area contributed by atoms with Gasteiger partial charge in [-0.2, -0.15) is 9.49 Å². The molecule has 0 bridgehead atoms. The van der Waals surface area contributed by atoms with Gasteiger partial charge in [-0.1, -0.05) is 6.07 Å². The van der Waals surface area contributed by atoms with Crippen LogP contribution in [0.15, 0.2) is 54.9 Å². The molecule has 0 saturated carbocycles. The van der Waals surface area contributed by atoms with E-state index in [-0.39, 0.29) is 17.5 Å². The number of nitrogens with zero attached hydrogens (tertiary/aromatic N) is 3. The molecular weight excluding hydrogens is 423 g/mol. The van der Waals surface area contributed by atoms with Crippen LogP contribution in [0.1, 0.15) is 18.9 Å². The SMILES string of the molecule is COc1cccc(Oc2ccc(-c3nn([C@@H]4CCCNC4)c4c(OC)cncc34)cc2)c1F. The van der Waals surface area contributed by atoms with Crippen molar-refractivity contribution >= 4 is 10.9 Å². The number of aromatic nitrogens is 3. The highest BCUT2D eigenvalue weighted by Crippen LogP contribution is 2.37. The van der Waals surface area contributed by atoms with Crippen LogP contribution in [0.3, 0.4) is 0 Å². The lowest BCUT2D eigenvalue weighted by Gasteiger charge is -2.24. The zero-order valence-corrected chi connectivity index (χ0v) is 18.5. The van der Waals surface area contributed by atoms with E-state index < -0.39 is 5.82 Å². The summed E-state index contributed by atoms with van der Waals surface area (Å²) < 4.78 is 32.9. The molecule has 1 saturated heterocycles. The molecule has 1 aliphatic rings. The van der Waals surface area contributed by atoms with E-state index in [1.165, 1.54) is 7.11 Å². The van der Waals surface area contributed by atoms with Gasteiger partial charge in [-0.15, -0.1) is 0 Å². The molecule has 0 amide bonds. The Hall–Kier alpha value is -3.65. The second-order valence-electron chi connectivity index (χ2n) is 7.93. The van der Waals surface area contributed by atoms with E-state index in [9.17, 15) is 4.39 Å². The average molecular weight is 448 g/mol. The van der Waals surface area contributed by atoms with Crippen molar-refractivity contribution in [2.45, 2.75) is 18.9 Å². The lowest BCUT2D eigenvalue weighted by molar-refractivity contribution is 0.350. The maximum atomic E-state index is 14.4. The first-order valence-electron chi connectivity index (χ1n) is 10.9. The Labute approximate surface area is 191 Å². The summed E-state index contributed by atoms with van der Waals surface area (Å²) in [5.74, 6) is 0.926. The maximum Gasteiger partial charge on any atom is 0.207 e. The second-order valence-corrected chi connectivity index (χ2v) is 7.93. The van der Waals surface area contributed by atoms with Gasteiger partial charge in [-0.25, -0.2) is 0 Å². The molecule has 0 aliphatic carbocycles. The molecule has 0 unspecified atom stereocenters. The molecule has 1 fully saturated rings. The third kappa shape index (κ3) is 3.98. The van der Waals surface area contributed by atoms with Gasteiger partial charge in [0.15, 0.2) is 17.2 Å². The Bertz CT molecular complexity index is 1270. The highest BCUT2D eigenvalue weighted by Gasteiger charge is 2.23. The second kappa shape index (κ2) is 9.07. The molecule has 33 heavy (non-hydrogen) atoms. The van der Waals surface area contributed by atoms with Crippen molar-refractivity contribution in [3.05, 3.63) is 60.7 Å². The quantitative estimate of drug-likeness (QED) is 0.449. The van der Waals surface area contributed by atoms with Gasteiger partial charge in [0.25, 0.3) is 0 Å². The minimum absolute atomic E-state index is 0.107. The first kappa shape index (κ1) is 21.2. The van der Waals surface area contributed by atoms with Gasteiger partial charge in [0.1, 0.15) is 17.0 Å². The largest absolute Gasteiger partial charge is 0.494 e. The number of methoxy groups -OCH3 is 2. The summed E-state index contributed by atoms with van der Waals surface area (Å²) in [4.78, 5) is 4.36. The van der Waals surface area contributed by atoms with Gasteiger partial charge >= 0.3 is 0 Å². The fourth-order valence-corrected chi connectivity index (χ4v) is 4.26. The van der Waals surface area contributed by atoms with Crippen LogP contribution in [0.4, 0.5) is 4.39 Å². The third-order valence-electron chi connectivity index (χ3n) is 5.92. The van der Waals surface area contributed by atoms with Crippen molar-refractivity contribution in [1.29, 1.82) is 0 Å². The van der Waals surface area contributed by atoms with Gasteiger partial charge in [-0.05, 0) is 55.8 Å². The van der Waals surface area contributed by atoms with E-state index in [1.54, 1.807) is 43.6 Å². The summed E-state index contributed by atoms with van der Waals surface area (Å²) in [5, 5.41) is 9.36. The predicted molar refractivity (Wildman–Crippen MR) is 124 cm³/mol. The summed E-state index contributed by atoms with van der Waals surface area (Å²) in [6.07, 6.45) is 5.69. The van der Waals surface area contributed by atoms with Crippen molar-refractivity contribution in [3.8, 4) is 34.3 Å². The molecule has 3 heterocycles. The Kier molecular flexibility index (Phi) is 5.83. The minimum atomic E-state index is -0.534. The van der Waals surface area contributed by atoms with Crippen LogP contribution in [-0.4, -0.2) is 42.1 Å². The summed E-state index contributed by atoms with van der Waals surface area (Å²) in [7, 11) is 3.07. The van der Waals surface area contributed by atoms with Crippen molar-refractivity contribution in [2.24, 2.45) is 0 Å². The topological polar surface area (TPSA) is 70.4 Å². The van der Waals surface area contributed by atoms with Crippen LogP contribution < -0.4 is 19.5 Å². The fourth-order valence-electron chi connectivity index (χ4n) is 4.26. The first-order valence-corrected chi connectivity index (χ1v) is 10.9. The molecule has 2 aromatic carbocycles. The minimum Gasteiger partial charge on any atom is -0.494 e. The highest BCUT2D eigenvalue weighted by atomic mass is 19.1. The Morgan fingerprint density at radius 3 is 2.52 bits per heavy atom.